The summed E-state index contributed by atoms with van der Waals surface area (Å²) in [5, 5.41) is 7.04. The first kappa shape index (κ1) is 33.6. The minimum absolute atomic E-state index is 0.890. The SMILES string of the molecule is c1ccc(-c2ccc(-c3ccc(N(c4cccc(-c5ccc6ccccc6c5)c4)c4cccc(-c5cccc6oc7c8ccccc8ccc7c56)c4)cc3)cc2)cc1. The highest BCUT2D eigenvalue weighted by molar-refractivity contribution is 6.19. The highest BCUT2D eigenvalue weighted by Gasteiger charge is 2.18. The van der Waals surface area contributed by atoms with Gasteiger partial charge in [0.25, 0.3) is 0 Å². The summed E-state index contributed by atoms with van der Waals surface area (Å²) in [5.41, 5.74) is 14.5. The molecule has 272 valence electrons. The zero-order chi connectivity index (χ0) is 38.4. The summed E-state index contributed by atoms with van der Waals surface area (Å²) in [6.07, 6.45) is 0. The molecule has 0 radical (unpaired) electrons. The Kier molecular flexibility index (Phi) is 8.19. The third kappa shape index (κ3) is 6.00. The normalized spacial score (nSPS) is 11.4. The van der Waals surface area contributed by atoms with E-state index in [-0.39, 0.29) is 0 Å². The molecule has 2 heteroatoms. The van der Waals surface area contributed by atoms with E-state index in [2.05, 4.69) is 229 Å². The molecular formula is C56H37NO. The van der Waals surface area contributed by atoms with Crippen LogP contribution in [0.5, 0.6) is 0 Å². The van der Waals surface area contributed by atoms with Crippen LogP contribution < -0.4 is 4.90 Å². The Labute approximate surface area is 337 Å². The van der Waals surface area contributed by atoms with Crippen LogP contribution in [0.2, 0.25) is 0 Å². The van der Waals surface area contributed by atoms with Crippen molar-refractivity contribution in [3.8, 4) is 44.5 Å². The van der Waals surface area contributed by atoms with Gasteiger partial charge in [0.2, 0.25) is 0 Å². The van der Waals surface area contributed by atoms with E-state index < -0.39 is 0 Å². The third-order valence-electron chi connectivity index (χ3n) is 11.4. The first-order valence-electron chi connectivity index (χ1n) is 19.8. The van der Waals surface area contributed by atoms with E-state index in [4.69, 9.17) is 4.42 Å². The van der Waals surface area contributed by atoms with E-state index in [0.717, 1.165) is 55.5 Å². The predicted molar refractivity (Wildman–Crippen MR) is 245 cm³/mol. The van der Waals surface area contributed by atoms with Gasteiger partial charge in [-0.25, -0.2) is 0 Å². The molecule has 0 saturated carbocycles. The highest BCUT2D eigenvalue weighted by Crippen LogP contribution is 2.43. The van der Waals surface area contributed by atoms with Crippen molar-refractivity contribution in [2.24, 2.45) is 0 Å². The fraction of sp³-hybridized carbons (Fsp3) is 0. The molecular weight excluding hydrogens is 703 g/mol. The average Bonchev–Trinajstić information content (AvgIpc) is 3.70. The molecule has 0 saturated heterocycles. The molecule has 1 aromatic heterocycles. The van der Waals surface area contributed by atoms with Crippen LogP contribution in [0.15, 0.2) is 229 Å². The van der Waals surface area contributed by atoms with E-state index in [1.54, 1.807) is 0 Å². The van der Waals surface area contributed by atoms with Crippen LogP contribution in [0.4, 0.5) is 17.1 Å². The molecule has 0 fully saturated rings. The minimum atomic E-state index is 0.890. The number of fused-ring (bicyclic) bond motifs is 6. The molecule has 0 aliphatic heterocycles. The van der Waals surface area contributed by atoms with Gasteiger partial charge in [-0.05, 0) is 115 Å². The topological polar surface area (TPSA) is 16.4 Å². The molecule has 11 rings (SSSR count). The predicted octanol–water partition coefficient (Wildman–Crippen LogP) is 16.0. The van der Waals surface area contributed by atoms with E-state index in [1.165, 1.54) is 49.5 Å². The molecule has 1 heterocycles. The summed E-state index contributed by atoms with van der Waals surface area (Å²) in [7, 11) is 0. The number of nitrogens with zero attached hydrogens (tertiary/aromatic N) is 1. The summed E-state index contributed by atoms with van der Waals surface area (Å²) in [5.74, 6) is 0. The molecule has 0 bridgehead atoms. The average molecular weight is 740 g/mol. The summed E-state index contributed by atoms with van der Waals surface area (Å²) < 4.78 is 6.59. The van der Waals surface area contributed by atoms with Crippen molar-refractivity contribution in [3.63, 3.8) is 0 Å². The standard InChI is InChI=1S/C56H37NO/c1-2-11-38(12-3-1)40-23-25-41(26-24-40)42-29-32-48(33-30-42)57(49-18-8-16-45(36-49)46-28-27-39-13-4-5-15-44(39)35-46)50-19-9-17-47(37-50)51-21-10-22-54-55(51)53-34-31-43-14-6-7-20-52(43)56(53)58-54/h1-37H. The number of anilines is 3. The van der Waals surface area contributed by atoms with Crippen LogP contribution in [0.1, 0.15) is 0 Å². The van der Waals surface area contributed by atoms with E-state index in [1.807, 2.05) is 0 Å². The zero-order valence-electron chi connectivity index (χ0n) is 31.7. The first-order valence-corrected chi connectivity index (χ1v) is 19.8. The van der Waals surface area contributed by atoms with Crippen LogP contribution in [-0.4, -0.2) is 0 Å². The lowest BCUT2D eigenvalue weighted by molar-refractivity contribution is 0.673. The summed E-state index contributed by atoms with van der Waals surface area (Å²) in [6, 6.07) is 80.7. The zero-order valence-corrected chi connectivity index (χ0v) is 31.7. The monoisotopic (exact) mass is 739 g/mol. The van der Waals surface area contributed by atoms with Crippen molar-refractivity contribution in [3.05, 3.63) is 224 Å². The summed E-state index contributed by atoms with van der Waals surface area (Å²) in [6.45, 7) is 0. The van der Waals surface area contributed by atoms with Gasteiger partial charge in [-0.1, -0.05) is 170 Å². The second kappa shape index (κ2) is 14.1. The third-order valence-corrected chi connectivity index (χ3v) is 11.4. The van der Waals surface area contributed by atoms with Gasteiger partial charge in [0, 0.05) is 33.2 Å². The number of benzene rings is 10. The molecule has 0 aliphatic carbocycles. The van der Waals surface area contributed by atoms with Crippen LogP contribution in [-0.2, 0) is 0 Å². The molecule has 0 unspecified atom stereocenters. The Balaban J connectivity index is 1.03. The Morgan fingerprint density at radius 1 is 0.293 bits per heavy atom. The second-order valence-corrected chi connectivity index (χ2v) is 14.9. The number of furan rings is 1. The molecule has 2 nitrogen and oxygen atoms in total. The van der Waals surface area contributed by atoms with Gasteiger partial charge in [-0.15, -0.1) is 0 Å². The molecule has 10 aromatic carbocycles. The van der Waals surface area contributed by atoms with Crippen molar-refractivity contribution in [2.75, 3.05) is 4.90 Å². The lowest BCUT2D eigenvalue weighted by Gasteiger charge is -2.27. The molecule has 0 atom stereocenters. The van der Waals surface area contributed by atoms with Gasteiger partial charge < -0.3 is 9.32 Å². The quantitative estimate of drug-likeness (QED) is 0.162. The van der Waals surface area contributed by atoms with Crippen molar-refractivity contribution in [1.82, 2.24) is 0 Å². The first-order chi connectivity index (χ1) is 28.7. The maximum atomic E-state index is 6.59. The Morgan fingerprint density at radius 2 is 0.828 bits per heavy atom. The maximum absolute atomic E-state index is 6.59. The molecule has 11 aromatic rings. The largest absolute Gasteiger partial charge is 0.455 e. The van der Waals surface area contributed by atoms with Crippen LogP contribution in [0.25, 0.3) is 88.0 Å². The van der Waals surface area contributed by atoms with Crippen molar-refractivity contribution in [2.45, 2.75) is 0 Å². The Bertz CT molecular complexity index is 3270. The van der Waals surface area contributed by atoms with Crippen molar-refractivity contribution < 1.29 is 4.42 Å². The lowest BCUT2D eigenvalue weighted by Crippen LogP contribution is -2.10. The fourth-order valence-corrected chi connectivity index (χ4v) is 8.54. The van der Waals surface area contributed by atoms with Gasteiger partial charge in [-0.3, -0.25) is 0 Å². The van der Waals surface area contributed by atoms with Gasteiger partial charge in [0.1, 0.15) is 11.2 Å². The van der Waals surface area contributed by atoms with Gasteiger partial charge in [-0.2, -0.15) is 0 Å². The summed E-state index contributed by atoms with van der Waals surface area (Å²) in [4.78, 5) is 2.37. The van der Waals surface area contributed by atoms with Gasteiger partial charge in [0.15, 0.2) is 0 Å². The van der Waals surface area contributed by atoms with E-state index in [9.17, 15) is 0 Å². The van der Waals surface area contributed by atoms with Crippen LogP contribution >= 0.6 is 0 Å². The highest BCUT2D eigenvalue weighted by atomic mass is 16.3. The molecule has 58 heavy (non-hydrogen) atoms. The smallest absolute Gasteiger partial charge is 0.143 e. The van der Waals surface area contributed by atoms with E-state index >= 15 is 0 Å². The number of rotatable bonds is 7. The van der Waals surface area contributed by atoms with Gasteiger partial charge >= 0.3 is 0 Å². The molecule has 0 amide bonds. The maximum Gasteiger partial charge on any atom is 0.143 e. The van der Waals surface area contributed by atoms with Crippen LogP contribution in [0, 0.1) is 0 Å². The van der Waals surface area contributed by atoms with Crippen molar-refractivity contribution >= 4 is 60.5 Å². The second-order valence-electron chi connectivity index (χ2n) is 14.9. The fourth-order valence-electron chi connectivity index (χ4n) is 8.54. The van der Waals surface area contributed by atoms with Crippen molar-refractivity contribution in [1.29, 1.82) is 0 Å². The molecule has 0 N–H and O–H groups in total. The van der Waals surface area contributed by atoms with Crippen LogP contribution in [0.3, 0.4) is 0 Å². The van der Waals surface area contributed by atoms with Gasteiger partial charge in [0.05, 0.1) is 0 Å². The summed E-state index contributed by atoms with van der Waals surface area (Å²) >= 11 is 0. The number of hydrogen-bond donors (Lipinski definition) is 0. The molecule has 0 spiro atoms. The molecule has 0 aliphatic rings. The minimum Gasteiger partial charge on any atom is -0.455 e. The Morgan fingerprint density at radius 3 is 1.59 bits per heavy atom. The Hall–Kier alpha value is -7.68. The number of hydrogen-bond acceptors (Lipinski definition) is 2. The lowest BCUT2D eigenvalue weighted by atomic mass is 9.97. The van der Waals surface area contributed by atoms with E-state index in [0.29, 0.717) is 0 Å².